The Hall–Kier alpha value is -1.33. The minimum absolute atomic E-state index is 0.0167. The van der Waals surface area contributed by atoms with Crippen LogP contribution in [-0.2, 0) is 19.0 Å². The molecule has 134 valence electrons. The molecule has 2 aliphatic rings. The summed E-state index contributed by atoms with van der Waals surface area (Å²) in [5, 5.41) is 0. The van der Waals surface area contributed by atoms with Gasteiger partial charge in [-0.05, 0) is 42.9 Å². The summed E-state index contributed by atoms with van der Waals surface area (Å²) in [6, 6.07) is 0.0167. The lowest BCUT2D eigenvalue weighted by Gasteiger charge is -2.24. The number of aromatic nitrogens is 4. The number of hydrogen-bond acceptors (Lipinski definition) is 7. The summed E-state index contributed by atoms with van der Waals surface area (Å²) in [4.78, 5) is 24.3. The number of esters is 1. The van der Waals surface area contributed by atoms with Gasteiger partial charge in [0, 0.05) is 12.8 Å². The summed E-state index contributed by atoms with van der Waals surface area (Å²) in [7, 11) is 0. The number of fused-ring (bicyclic) bond motifs is 2. The van der Waals surface area contributed by atoms with Crippen LogP contribution in [0.25, 0.3) is 11.2 Å². The molecule has 0 unspecified atom stereocenters. The van der Waals surface area contributed by atoms with Gasteiger partial charge < -0.3 is 18.8 Å². The fraction of sp³-hybridized carbons (Fsp3) is 0.625. The fourth-order valence-electron chi connectivity index (χ4n) is 3.78. The molecule has 0 amide bonds. The first-order valence-corrected chi connectivity index (χ1v) is 9.25. The van der Waals surface area contributed by atoms with Crippen LogP contribution >= 0.6 is 22.6 Å². The Labute approximate surface area is 158 Å². The van der Waals surface area contributed by atoms with Gasteiger partial charge in [0.05, 0.1) is 25.1 Å². The van der Waals surface area contributed by atoms with Crippen molar-refractivity contribution in [2.75, 3.05) is 6.61 Å². The molecule has 2 aromatic rings. The standard InChI is InChI=1S/C16H19IN4O4/c1-8(22)23-5-9-4-10(13-12(9)24-16(2,3)25-13)21-7-20-11-14(17)18-6-19-15(11)21/h6-7,9-10,12-13H,4-5H2,1-3H3/t9-,10-,12-,13+/m1/s1. The van der Waals surface area contributed by atoms with Crippen molar-refractivity contribution in [2.45, 2.75) is 51.2 Å². The summed E-state index contributed by atoms with van der Waals surface area (Å²) < 4.78 is 20.4. The Morgan fingerprint density at radius 1 is 1.36 bits per heavy atom. The number of halogens is 1. The zero-order chi connectivity index (χ0) is 17.8. The average molecular weight is 458 g/mol. The highest BCUT2D eigenvalue weighted by atomic mass is 127. The van der Waals surface area contributed by atoms with Crippen LogP contribution in [0.1, 0.15) is 33.2 Å². The number of hydrogen-bond donors (Lipinski definition) is 0. The maximum absolute atomic E-state index is 11.2. The van der Waals surface area contributed by atoms with Gasteiger partial charge in [-0.2, -0.15) is 0 Å². The maximum Gasteiger partial charge on any atom is 0.302 e. The third-order valence-corrected chi connectivity index (χ3v) is 5.51. The van der Waals surface area contributed by atoms with E-state index in [-0.39, 0.29) is 30.1 Å². The van der Waals surface area contributed by atoms with E-state index in [0.717, 1.165) is 21.3 Å². The van der Waals surface area contributed by atoms with E-state index in [1.165, 1.54) is 6.92 Å². The van der Waals surface area contributed by atoms with Crippen molar-refractivity contribution >= 4 is 39.7 Å². The second kappa shape index (κ2) is 6.13. The molecule has 1 saturated heterocycles. The quantitative estimate of drug-likeness (QED) is 0.396. The molecule has 1 aliphatic carbocycles. The summed E-state index contributed by atoms with van der Waals surface area (Å²) in [5.41, 5.74) is 1.56. The van der Waals surface area contributed by atoms with Crippen LogP contribution in [0.5, 0.6) is 0 Å². The topological polar surface area (TPSA) is 88.4 Å². The summed E-state index contributed by atoms with van der Waals surface area (Å²) in [6.07, 6.45) is 3.83. The Morgan fingerprint density at radius 2 is 2.12 bits per heavy atom. The van der Waals surface area contributed by atoms with Gasteiger partial charge in [-0.15, -0.1) is 0 Å². The van der Waals surface area contributed by atoms with E-state index >= 15 is 0 Å². The second-order valence-electron chi connectivity index (χ2n) is 6.92. The summed E-state index contributed by atoms with van der Waals surface area (Å²) in [5.74, 6) is -0.880. The first-order valence-electron chi connectivity index (χ1n) is 8.18. The molecule has 3 heterocycles. The van der Waals surface area contributed by atoms with Crippen LogP contribution in [-0.4, -0.2) is 50.1 Å². The molecule has 2 fully saturated rings. The predicted octanol–water partition coefficient (Wildman–Crippen LogP) is 2.08. The van der Waals surface area contributed by atoms with E-state index in [0.29, 0.717) is 6.61 Å². The zero-order valence-electron chi connectivity index (χ0n) is 14.2. The summed E-state index contributed by atoms with van der Waals surface area (Å²) >= 11 is 2.16. The van der Waals surface area contributed by atoms with Crippen molar-refractivity contribution in [2.24, 2.45) is 5.92 Å². The maximum atomic E-state index is 11.2. The van der Waals surface area contributed by atoms with Crippen LogP contribution in [0.4, 0.5) is 0 Å². The van der Waals surface area contributed by atoms with Crippen molar-refractivity contribution < 1.29 is 19.0 Å². The second-order valence-corrected chi connectivity index (χ2v) is 7.94. The molecule has 8 nitrogen and oxygen atoms in total. The van der Waals surface area contributed by atoms with Crippen LogP contribution in [0.15, 0.2) is 12.7 Å². The van der Waals surface area contributed by atoms with Crippen molar-refractivity contribution in [3.8, 4) is 0 Å². The minimum Gasteiger partial charge on any atom is -0.465 e. The van der Waals surface area contributed by atoms with Crippen LogP contribution < -0.4 is 0 Å². The minimum atomic E-state index is -0.664. The molecular formula is C16H19IN4O4. The SMILES string of the molecule is CC(=O)OC[C@H]1C[C@@H](n2cnc3c(I)ncnc32)[C@@H]2OC(C)(C)O[C@H]12. The largest absolute Gasteiger partial charge is 0.465 e. The molecule has 0 spiro atoms. The number of carbonyl (C=O) groups excluding carboxylic acids is 1. The van der Waals surface area contributed by atoms with Crippen molar-refractivity contribution in [3.63, 3.8) is 0 Å². The molecule has 0 N–H and O–H groups in total. The third kappa shape index (κ3) is 3.02. The monoisotopic (exact) mass is 458 g/mol. The Bertz CT molecular complexity index is 824. The van der Waals surface area contributed by atoms with Gasteiger partial charge in [-0.25, -0.2) is 15.0 Å². The molecule has 2 aromatic heterocycles. The molecule has 0 radical (unpaired) electrons. The first kappa shape index (κ1) is 17.1. The molecule has 25 heavy (non-hydrogen) atoms. The van der Waals surface area contributed by atoms with E-state index in [9.17, 15) is 4.79 Å². The lowest BCUT2D eigenvalue weighted by Crippen LogP contribution is -2.28. The van der Waals surface area contributed by atoms with Crippen LogP contribution in [0, 0.1) is 9.62 Å². The predicted molar refractivity (Wildman–Crippen MR) is 95.6 cm³/mol. The number of carbonyl (C=O) groups is 1. The normalized spacial score (nSPS) is 30.6. The van der Waals surface area contributed by atoms with Crippen molar-refractivity contribution in [1.29, 1.82) is 0 Å². The van der Waals surface area contributed by atoms with E-state index in [2.05, 4.69) is 37.5 Å². The van der Waals surface area contributed by atoms with E-state index in [1.807, 2.05) is 18.4 Å². The van der Waals surface area contributed by atoms with Crippen molar-refractivity contribution in [3.05, 3.63) is 16.4 Å². The Morgan fingerprint density at radius 3 is 2.88 bits per heavy atom. The molecular weight excluding hydrogens is 439 g/mol. The van der Waals surface area contributed by atoms with Crippen LogP contribution in [0.3, 0.4) is 0 Å². The highest BCUT2D eigenvalue weighted by molar-refractivity contribution is 14.1. The Kier molecular flexibility index (Phi) is 4.19. The molecule has 0 aromatic carbocycles. The Balaban J connectivity index is 1.68. The number of imidazole rings is 1. The van der Waals surface area contributed by atoms with Gasteiger partial charge in [0.1, 0.15) is 21.6 Å². The number of ether oxygens (including phenoxy) is 3. The van der Waals surface area contributed by atoms with Gasteiger partial charge in [0.25, 0.3) is 0 Å². The highest BCUT2D eigenvalue weighted by Gasteiger charge is 2.55. The van der Waals surface area contributed by atoms with E-state index in [4.69, 9.17) is 14.2 Å². The fourth-order valence-corrected chi connectivity index (χ4v) is 4.29. The molecule has 1 aliphatic heterocycles. The third-order valence-electron chi connectivity index (χ3n) is 4.72. The van der Waals surface area contributed by atoms with E-state index < -0.39 is 5.79 Å². The molecule has 1 saturated carbocycles. The summed E-state index contributed by atoms with van der Waals surface area (Å²) in [6.45, 7) is 5.55. The lowest BCUT2D eigenvalue weighted by molar-refractivity contribution is -0.164. The zero-order valence-corrected chi connectivity index (χ0v) is 16.3. The van der Waals surface area contributed by atoms with Crippen molar-refractivity contribution in [1.82, 2.24) is 19.5 Å². The van der Waals surface area contributed by atoms with Gasteiger partial charge >= 0.3 is 5.97 Å². The van der Waals surface area contributed by atoms with Gasteiger partial charge in [-0.3, -0.25) is 4.79 Å². The molecule has 0 bridgehead atoms. The molecule has 9 heteroatoms. The highest BCUT2D eigenvalue weighted by Crippen LogP contribution is 2.47. The number of rotatable bonds is 3. The number of nitrogens with zero attached hydrogens (tertiary/aromatic N) is 4. The molecule has 4 atom stereocenters. The van der Waals surface area contributed by atoms with Gasteiger partial charge in [0.15, 0.2) is 11.4 Å². The van der Waals surface area contributed by atoms with Gasteiger partial charge in [-0.1, -0.05) is 0 Å². The molecule has 4 rings (SSSR count). The van der Waals surface area contributed by atoms with Crippen LogP contribution in [0.2, 0.25) is 0 Å². The van der Waals surface area contributed by atoms with Gasteiger partial charge in [0.2, 0.25) is 0 Å². The van der Waals surface area contributed by atoms with E-state index in [1.54, 1.807) is 12.7 Å². The smallest absolute Gasteiger partial charge is 0.302 e. The first-order chi connectivity index (χ1) is 11.9. The average Bonchev–Trinajstić information content (AvgIpc) is 3.17. The lowest BCUT2D eigenvalue weighted by atomic mass is 10.1.